The van der Waals surface area contributed by atoms with E-state index in [1.54, 1.807) is 5.19 Å². The summed E-state index contributed by atoms with van der Waals surface area (Å²) in [7, 11) is -1.47. The highest BCUT2D eigenvalue weighted by atomic mass is 28.3. The van der Waals surface area contributed by atoms with Crippen molar-refractivity contribution in [1.29, 1.82) is 0 Å². The molecule has 0 spiro atoms. The molecule has 6 atom stereocenters. The fraction of sp³-hybridized carbons (Fsp3) is 0.545. The molecule has 1 heteroatoms. The van der Waals surface area contributed by atoms with Gasteiger partial charge in [0.15, 0.2) is 0 Å². The zero-order valence-corrected chi connectivity index (χ0v) is 15.6. The van der Waals surface area contributed by atoms with Crippen molar-refractivity contribution in [3.05, 3.63) is 54.6 Å². The van der Waals surface area contributed by atoms with Gasteiger partial charge in [0.1, 0.15) is 0 Å². The van der Waals surface area contributed by atoms with Crippen LogP contribution in [-0.4, -0.2) is 8.07 Å². The zero-order valence-electron chi connectivity index (χ0n) is 14.6. The summed E-state index contributed by atoms with van der Waals surface area (Å²) in [5.41, 5.74) is 0.936. The van der Waals surface area contributed by atoms with Crippen molar-refractivity contribution >= 4 is 13.3 Å². The average Bonchev–Trinajstić information content (AvgIpc) is 2.97. The molecule has 1 aromatic carbocycles. The molecule has 0 heterocycles. The van der Waals surface area contributed by atoms with Gasteiger partial charge in [-0.05, 0) is 35.6 Å². The fourth-order valence-corrected chi connectivity index (χ4v) is 10.9. The van der Waals surface area contributed by atoms with Crippen LogP contribution in [0.3, 0.4) is 0 Å². The van der Waals surface area contributed by atoms with Gasteiger partial charge in [0.05, 0.1) is 8.07 Å². The molecular formula is C22H30Si. The van der Waals surface area contributed by atoms with E-state index in [1.165, 1.54) is 31.7 Å². The predicted octanol–water partition coefficient (Wildman–Crippen LogP) is 5.54. The zero-order chi connectivity index (χ0) is 15.9. The lowest BCUT2D eigenvalue weighted by molar-refractivity contribution is 0.247. The molecular weight excluding hydrogens is 292 g/mol. The fourth-order valence-electron chi connectivity index (χ4n) is 6.17. The first-order valence-electron chi connectivity index (χ1n) is 9.66. The number of hydrogen-bond donors (Lipinski definition) is 0. The first-order valence-corrected chi connectivity index (χ1v) is 12.4. The van der Waals surface area contributed by atoms with Gasteiger partial charge in [-0.25, -0.2) is 0 Å². The van der Waals surface area contributed by atoms with Crippen molar-refractivity contribution in [2.24, 2.45) is 23.7 Å². The number of allylic oxidation sites excluding steroid dienone is 4. The second kappa shape index (κ2) is 6.09. The Balaban J connectivity index is 1.78. The van der Waals surface area contributed by atoms with Crippen LogP contribution in [-0.2, 0) is 0 Å². The molecule has 0 aliphatic heterocycles. The van der Waals surface area contributed by atoms with Crippen molar-refractivity contribution in [1.82, 2.24) is 0 Å². The largest absolute Gasteiger partial charge is 0.0873 e. The molecule has 2 fully saturated rings. The molecule has 0 bridgehead atoms. The number of fused-ring (bicyclic) bond motifs is 3. The van der Waals surface area contributed by atoms with Gasteiger partial charge in [0, 0.05) is 0 Å². The van der Waals surface area contributed by atoms with Crippen LogP contribution in [0.25, 0.3) is 0 Å². The molecule has 0 nitrogen and oxygen atoms in total. The second-order valence-electron chi connectivity index (χ2n) is 8.20. The monoisotopic (exact) mass is 322 g/mol. The summed E-state index contributed by atoms with van der Waals surface area (Å²) in [6.45, 7) is 5.15. The maximum atomic E-state index is 2.69. The number of rotatable bonds is 3. The van der Waals surface area contributed by atoms with Gasteiger partial charge >= 0.3 is 0 Å². The van der Waals surface area contributed by atoms with Gasteiger partial charge in [-0.15, -0.1) is 0 Å². The molecule has 0 radical (unpaired) electrons. The van der Waals surface area contributed by atoms with E-state index in [9.17, 15) is 0 Å². The van der Waals surface area contributed by atoms with Crippen molar-refractivity contribution in [2.45, 2.75) is 50.7 Å². The Morgan fingerprint density at radius 3 is 2.26 bits per heavy atom. The average molecular weight is 323 g/mol. The lowest BCUT2D eigenvalue weighted by Crippen LogP contribution is -2.51. The third-order valence-electron chi connectivity index (χ3n) is 7.37. The van der Waals surface area contributed by atoms with E-state index in [4.69, 9.17) is 0 Å². The third-order valence-corrected chi connectivity index (χ3v) is 12.8. The Hall–Kier alpha value is -1.08. The predicted molar refractivity (Wildman–Crippen MR) is 103 cm³/mol. The van der Waals surface area contributed by atoms with Crippen LogP contribution >= 0.6 is 0 Å². The van der Waals surface area contributed by atoms with Crippen molar-refractivity contribution in [2.75, 3.05) is 0 Å². The quantitative estimate of drug-likeness (QED) is 0.641. The Morgan fingerprint density at radius 2 is 1.57 bits per heavy atom. The highest BCUT2D eigenvalue weighted by Crippen LogP contribution is 2.60. The Bertz CT molecular complexity index is 602. The minimum atomic E-state index is -1.47. The van der Waals surface area contributed by atoms with Crippen LogP contribution in [0.1, 0.15) is 32.6 Å². The summed E-state index contributed by atoms with van der Waals surface area (Å²) in [6, 6.07) is 12.9. The summed E-state index contributed by atoms with van der Waals surface area (Å²) in [6.07, 6.45) is 15.7. The summed E-state index contributed by atoms with van der Waals surface area (Å²) in [5.74, 6) is 3.58. The highest BCUT2D eigenvalue weighted by Gasteiger charge is 2.55. The van der Waals surface area contributed by atoms with E-state index in [2.05, 4.69) is 68.1 Å². The first-order chi connectivity index (χ1) is 11.3. The molecule has 3 aliphatic rings. The maximum Gasteiger partial charge on any atom is 0.0873 e. The molecule has 0 N–H and O–H groups in total. The third kappa shape index (κ3) is 2.39. The van der Waals surface area contributed by atoms with Crippen LogP contribution in [0.2, 0.25) is 18.1 Å². The number of benzene rings is 1. The molecule has 2 saturated carbocycles. The molecule has 0 aromatic heterocycles. The minimum absolute atomic E-state index is 0.810. The van der Waals surface area contributed by atoms with E-state index >= 15 is 0 Å². The Kier molecular flexibility index (Phi) is 4.09. The molecule has 4 rings (SSSR count). The van der Waals surface area contributed by atoms with Crippen LogP contribution in [0.15, 0.2) is 54.6 Å². The lowest BCUT2D eigenvalue weighted by Gasteiger charge is -2.41. The molecule has 0 saturated heterocycles. The first kappa shape index (κ1) is 15.4. The van der Waals surface area contributed by atoms with Crippen LogP contribution in [0.4, 0.5) is 0 Å². The van der Waals surface area contributed by atoms with Crippen molar-refractivity contribution in [3.63, 3.8) is 0 Å². The molecule has 23 heavy (non-hydrogen) atoms. The Labute approximate surface area is 142 Å². The van der Waals surface area contributed by atoms with Gasteiger partial charge in [-0.3, -0.25) is 0 Å². The van der Waals surface area contributed by atoms with Gasteiger partial charge in [0.25, 0.3) is 0 Å². The van der Waals surface area contributed by atoms with E-state index in [1.807, 2.05) is 0 Å². The van der Waals surface area contributed by atoms with E-state index in [0.29, 0.717) is 0 Å². The lowest BCUT2D eigenvalue weighted by atomic mass is 9.77. The minimum Gasteiger partial charge on any atom is -0.0808 e. The van der Waals surface area contributed by atoms with Gasteiger partial charge in [-0.2, -0.15) is 0 Å². The van der Waals surface area contributed by atoms with Crippen LogP contribution in [0.5, 0.6) is 0 Å². The smallest absolute Gasteiger partial charge is 0.0808 e. The Morgan fingerprint density at radius 1 is 0.913 bits per heavy atom. The normalized spacial score (nSPS) is 37.9. The topological polar surface area (TPSA) is 0 Å². The standard InChI is InChI=1S/C22H30Si/c1-3-23(2,17-11-5-4-6-12-17)22-20-15-9-7-13-18(20)19-14-8-10-16-21(19)22/h4-7,9,11-13,15,18-22H,3,8,10,14,16H2,1-2H3. The molecule has 0 amide bonds. The van der Waals surface area contributed by atoms with E-state index < -0.39 is 8.07 Å². The van der Waals surface area contributed by atoms with Gasteiger partial charge in [-0.1, -0.05) is 98.6 Å². The summed E-state index contributed by atoms with van der Waals surface area (Å²) in [5, 5.41) is 1.69. The molecule has 3 aliphatic carbocycles. The van der Waals surface area contributed by atoms with Gasteiger partial charge < -0.3 is 0 Å². The summed E-state index contributed by atoms with van der Waals surface area (Å²) in [4.78, 5) is 0. The molecule has 1 aromatic rings. The molecule has 6 unspecified atom stereocenters. The second-order valence-corrected chi connectivity index (χ2v) is 13.0. The van der Waals surface area contributed by atoms with E-state index in [0.717, 1.165) is 29.2 Å². The number of hydrogen-bond acceptors (Lipinski definition) is 0. The van der Waals surface area contributed by atoms with Crippen molar-refractivity contribution in [3.8, 4) is 0 Å². The SMILES string of the molecule is CC[Si](C)(c1ccccc1)C1C2C=CC=CC2C2CCCCC21. The maximum absolute atomic E-state index is 2.69. The summed E-state index contributed by atoms with van der Waals surface area (Å²) < 4.78 is 0. The highest BCUT2D eigenvalue weighted by molar-refractivity contribution is 6.92. The summed E-state index contributed by atoms with van der Waals surface area (Å²) >= 11 is 0. The van der Waals surface area contributed by atoms with Crippen LogP contribution in [0, 0.1) is 23.7 Å². The van der Waals surface area contributed by atoms with Gasteiger partial charge in [0.2, 0.25) is 0 Å². The van der Waals surface area contributed by atoms with E-state index in [-0.39, 0.29) is 0 Å². The van der Waals surface area contributed by atoms with Crippen molar-refractivity contribution < 1.29 is 0 Å². The molecule has 122 valence electrons. The van der Waals surface area contributed by atoms with Crippen LogP contribution < -0.4 is 5.19 Å².